The van der Waals surface area contributed by atoms with Crippen molar-refractivity contribution in [2.24, 2.45) is 5.73 Å². The minimum absolute atomic E-state index is 0.0988. The van der Waals surface area contributed by atoms with Crippen molar-refractivity contribution in [3.8, 4) is 0 Å². The first-order valence-corrected chi connectivity index (χ1v) is 8.87. The number of amides is 1. The van der Waals surface area contributed by atoms with Crippen LogP contribution < -0.4 is 5.73 Å². The van der Waals surface area contributed by atoms with Crippen molar-refractivity contribution in [3.63, 3.8) is 0 Å². The molecular formula is C18H15N5O3S. The number of hydrogen-bond donors (Lipinski definition) is 2. The Hall–Kier alpha value is -3.46. The maximum absolute atomic E-state index is 11.2. The van der Waals surface area contributed by atoms with Gasteiger partial charge in [-0.3, -0.25) is 20.0 Å². The number of aromatic nitrogens is 3. The van der Waals surface area contributed by atoms with Gasteiger partial charge < -0.3 is 5.73 Å². The summed E-state index contributed by atoms with van der Waals surface area (Å²) in [7, 11) is 0. The van der Waals surface area contributed by atoms with Crippen molar-refractivity contribution in [1.82, 2.24) is 15.2 Å². The van der Waals surface area contributed by atoms with Gasteiger partial charge in [-0.15, -0.1) is 5.10 Å². The molecule has 0 saturated carbocycles. The van der Waals surface area contributed by atoms with Crippen LogP contribution in [0.3, 0.4) is 0 Å². The van der Waals surface area contributed by atoms with E-state index in [0.29, 0.717) is 16.5 Å². The number of thioether (sulfide) groups is 1. The van der Waals surface area contributed by atoms with Gasteiger partial charge in [-0.25, -0.2) is 4.98 Å². The fourth-order valence-corrected chi connectivity index (χ4v) is 3.09. The van der Waals surface area contributed by atoms with E-state index in [1.54, 1.807) is 6.08 Å². The standard InChI is InChI=1S/C18H15N5O3S/c19-17(24)13-7-8-14(15(10-13)23(25)26)11-27-18-20-16(21-22-18)9-6-12-4-2-1-3-5-12/h1-10H,11H2,(H2,19,24)(H,20,21,22)/b9-6+. The van der Waals surface area contributed by atoms with Crippen LogP contribution in [-0.2, 0) is 5.75 Å². The number of hydrogen-bond acceptors (Lipinski definition) is 6. The number of aromatic amines is 1. The maximum Gasteiger partial charge on any atom is 0.274 e. The molecule has 27 heavy (non-hydrogen) atoms. The van der Waals surface area contributed by atoms with E-state index in [4.69, 9.17) is 5.73 Å². The van der Waals surface area contributed by atoms with Gasteiger partial charge in [0.05, 0.1) is 4.92 Å². The van der Waals surface area contributed by atoms with Gasteiger partial charge in [-0.05, 0) is 17.7 Å². The Bertz CT molecular complexity index is 1000. The van der Waals surface area contributed by atoms with E-state index in [9.17, 15) is 14.9 Å². The number of nitrogens with two attached hydrogens (primary N) is 1. The molecule has 0 aliphatic carbocycles. The van der Waals surface area contributed by atoms with Crippen molar-refractivity contribution in [2.75, 3.05) is 0 Å². The van der Waals surface area contributed by atoms with Crippen LogP contribution in [0.1, 0.15) is 27.3 Å². The summed E-state index contributed by atoms with van der Waals surface area (Å²) in [6.07, 6.45) is 3.71. The van der Waals surface area contributed by atoms with Crippen LogP contribution in [0, 0.1) is 10.1 Å². The molecule has 0 radical (unpaired) electrons. The largest absolute Gasteiger partial charge is 0.366 e. The summed E-state index contributed by atoms with van der Waals surface area (Å²) >= 11 is 1.25. The number of H-pyrrole nitrogens is 1. The Morgan fingerprint density at radius 2 is 2.00 bits per heavy atom. The normalized spacial score (nSPS) is 11.0. The van der Waals surface area contributed by atoms with E-state index in [1.807, 2.05) is 36.4 Å². The predicted molar refractivity (Wildman–Crippen MR) is 103 cm³/mol. The Labute approximate surface area is 158 Å². The fraction of sp³-hybridized carbons (Fsp3) is 0.0556. The molecule has 2 aromatic carbocycles. The molecule has 0 fully saturated rings. The molecule has 0 bridgehead atoms. The van der Waals surface area contributed by atoms with Crippen LogP contribution in [0.4, 0.5) is 5.69 Å². The van der Waals surface area contributed by atoms with Gasteiger partial charge in [0, 0.05) is 22.9 Å². The SMILES string of the molecule is NC(=O)c1ccc(CSc2n[nH]c(/C=C/c3ccccc3)n2)c([N+](=O)[O-])c1. The third-order valence-corrected chi connectivity index (χ3v) is 4.53. The highest BCUT2D eigenvalue weighted by Gasteiger charge is 2.17. The molecule has 0 aliphatic heterocycles. The number of nitro benzene ring substituents is 1. The van der Waals surface area contributed by atoms with Crippen LogP contribution in [0.2, 0.25) is 0 Å². The van der Waals surface area contributed by atoms with E-state index in [2.05, 4.69) is 15.2 Å². The molecule has 1 aromatic heterocycles. The lowest BCUT2D eigenvalue weighted by atomic mass is 10.1. The molecule has 1 heterocycles. The number of carbonyl (C=O) groups excluding carboxylic acids is 1. The predicted octanol–water partition coefficient (Wildman–Crippen LogP) is 3.27. The second-order valence-corrected chi connectivity index (χ2v) is 6.44. The molecular weight excluding hydrogens is 366 g/mol. The van der Waals surface area contributed by atoms with E-state index >= 15 is 0 Å². The number of nitrogens with one attached hydrogen (secondary N) is 1. The smallest absolute Gasteiger partial charge is 0.274 e. The highest BCUT2D eigenvalue weighted by molar-refractivity contribution is 7.98. The van der Waals surface area contributed by atoms with Crippen LogP contribution >= 0.6 is 11.8 Å². The molecule has 0 spiro atoms. The van der Waals surface area contributed by atoms with Gasteiger partial charge in [-0.2, -0.15) is 0 Å². The van der Waals surface area contributed by atoms with Gasteiger partial charge in [0.15, 0.2) is 0 Å². The van der Waals surface area contributed by atoms with Crippen molar-refractivity contribution < 1.29 is 9.72 Å². The second-order valence-electron chi connectivity index (χ2n) is 5.50. The van der Waals surface area contributed by atoms with Gasteiger partial charge >= 0.3 is 0 Å². The summed E-state index contributed by atoms with van der Waals surface area (Å²) in [4.78, 5) is 26.2. The first-order valence-electron chi connectivity index (χ1n) is 7.88. The first kappa shape index (κ1) is 18.3. The monoisotopic (exact) mass is 381 g/mol. The second kappa shape index (κ2) is 8.28. The molecule has 3 aromatic rings. The van der Waals surface area contributed by atoms with Gasteiger partial charge in [0.1, 0.15) is 5.82 Å². The number of nitro groups is 1. The zero-order valence-electron chi connectivity index (χ0n) is 14.0. The van der Waals surface area contributed by atoms with Gasteiger partial charge in [0.25, 0.3) is 5.69 Å². The van der Waals surface area contributed by atoms with Crippen LogP contribution in [0.25, 0.3) is 12.2 Å². The number of rotatable bonds is 7. The Morgan fingerprint density at radius 3 is 2.70 bits per heavy atom. The quantitative estimate of drug-likeness (QED) is 0.367. The van der Waals surface area contributed by atoms with Gasteiger partial charge in [0.2, 0.25) is 11.1 Å². The first-order chi connectivity index (χ1) is 13.0. The summed E-state index contributed by atoms with van der Waals surface area (Å²) in [6.45, 7) is 0. The molecule has 1 amide bonds. The molecule has 0 unspecified atom stereocenters. The zero-order chi connectivity index (χ0) is 19.2. The van der Waals surface area contributed by atoms with Crippen molar-refractivity contribution in [3.05, 3.63) is 81.2 Å². The topological polar surface area (TPSA) is 128 Å². The summed E-state index contributed by atoms with van der Waals surface area (Å²) < 4.78 is 0. The fourth-order valence-electron chi connectivity index (χ4n) is 2.29. The molecule has 9 heteroatoms. The summed E-state index contributed by atoms with van der Waals surface area (Å²) in [5.74, 6) is 0.163. The van der Waals surface area contributed by atoms with Crippen molar-refractivity contribution in [2.45, 2.75) is 10.9 Å². The van der Waals surface area contributed by atoms with E-state index < -0.39 is 10.8 Å². The minimum atomic E-state index is -0.707. The van der Waals surface area contributed by atoms with Gasteiger partial charge in [-0.1, -0.05) is 54.2 Å². The van der Waals surface area contributed by atoms with E-state index in [0.717, 1.165) is 5.56 Å². The molecule has 0 atom stereocenters. The molecule has 0 aliphatic rings. The number of nitrogens with zero attached hydrogens (tertiary/aromatic N) is 3. The minimum Gasteiger partial charge on any atom is -0.366 e. The lowest BCUT2D eigenvalue weighted by molar-refractivity contribution is -0.385. The third-order valence-electron chi connectivity index (χ3n) is 3.64. The number of benzene rings is 2. The van der Waals surface area contributed by atoms with Crippen LogP contribution in [-0.4, -0.2) is 26.0 Å². The Morgan fingerprint density at radius 1 is 1.22 bits per heavy atom. The van der Waals surface area contributed by atoms with E-state index in [-0.39, 0.29) is 17.0 Å². The molecule has 136 valence electrons. The summed E-state index contributed by atoms with van der Waals surface area (Å²) in [5, 5.41) is 18.6. The molecule has 3 rings (SSSR count). The highest BCUT2D eigenvalue weighted by Crippen LogP contribution is 2.27. The van der Waals surface area contributed by atoms with Crippen LogP contribution in [0.5, 0.6) is 0 Å². The number of primary amides is 1. The van der Waals surface area contributed by atoms with Crippen molar-refractivity contribution in [1.29, 1.82) is 0 Å². The average Bonchev–Trinajstić information content (AvgIpc) is 3.13. The maximum atomic E-state index is 11.2. The Balaban J connectivity index is 1.69. The lowest BCUT2D eigenvalue weighted by Crippen LogP contribution is -2.11. The number of carbonyl (C=O) groups is 1. The molecule has 8 nitrogen and oxygen atoms in total. The Kier molecular flexibility index (Phi) is 5.62. The molecule has 0 saturated heterocycles. The van der Waals surface area contributed by atoms with Crippen LogP contribution in [0.15, 0.2) is 53.7 Å². The highest BCUT2D eigenvalue weighted by atomic mass is 32.2. The molecule has 3 N–H and O–H groups in total. The van der Waals surface area contributed by atoms with E-state index in [1.165, 1.54) is 30.0 Å². The summed E-state index contributed by atoms with van der Waals surface area (Å²) in [6, 6.07) is 13.9. The summed E-state index contributed by atoms with van der Waals surface area (Å²) in [5.41, 5.74) is 6.61. The average molecular weight is 381 g/mol. The zero-order valence-corrected chi connectivity index (χ0v) is 14.8. The van der Waals surface area contributed by atoms with Crippen molar-refractivity contribution >= 4 is 35.5 Å². The lowest BCUT2D eigenvalue weighted by Gasteiger charge is -2.03. The third kappa shape index (κ3) is 4.79.